The first-order chi connectivity index (χ1) is 11.7. The average Bonchev–Trinajstić information content (AvgIpc) is 3.26. The number of aromatic nitrogens is 3. The van der Waals surface area contributed by atoms with E-state index >= 15 is 0 Å². The Labute approximate surface area is 145 Å². The first-order valence-electron chi connectivity index (χ1n) is 8.05. The summed E-state index contributed by atoms with van der Waals surface area (Å²) in [5, 5.41) is 19.2. The van der Waals surface area contributed by atoms with Crippen molar-refractivity contribution in [3.8, 4) is 6.07 Å². The highest BCUT2D eigenvalue weighted by atomic mass is 32.2. The summed E-state index contributed by atoms with van der Waals surface area (Å²) in [5.41, 5.74) is 1.24. The van der Waals surface area contributed by atoms with Crippen LogP contribution in [0.25, 0.3) is 0 Å². The lowest BCUT2D eigenvalue weighted by Crippen LogP contribution is -2.22. The second kappa shape index (κ2) is 7.49. The molecule has 0 saturated heterocycles. The van der Waals surface area contributed by atoms with Crippen LogP contribution in [-0.4, -0.2) is 26.3 Å². The van der Waals surface area contributed by atoms with Crippen LogP contribution >= 0.6 is 11.8 Å². The molecular formula is C17H19N5OS. The van der Waals surface area contributed by atoms with Gasteiger partial charge in [0.1, 0.15) is 5.82 Å². The molecule has 1 aromatic carbocycles. The summed E-state index contributed by atoms with van der Waals surface area (Å²) in [7, 11) is 0. The first kappa shape index (κ1) is 16.5. The Morgan fingerprint density at radius 1 is 1.38 bits per heavy atom. The Kier molecular flexibility index (Phi) is 5.16. The van der Waals surface area contributed by atoms with Crippen molar-refractivity contribution in [2.24, 2.45) is 0 Å². The van der Waals surface area contributed by atoms with Crippen LogP contribution in [0.5, 0.6) is 0 Å². The molecule has 1 heterocycles. The summed E-state index contributed by atoms with van der Waals surface area (Å²) in [4.78, 5) is 16.8. The van der Waals surface area contributed by atoms with Crippen LogP contribution in [-0.2, 0) is 4.79 Å². The fourth-order valence-corrected chi connectivity index (χ4v) is 3.51. The molecule has 1 aliphatic carbocycles. The fraction of sp³-hybridized carbons (Fsp3) is 0.412. The van der Waals surface area contributed by atoms with E-state index in [1.807, 2.05) is 6.92 Å². The zero-order valence-corrected chi connectivity index (χ0v) is 14.3. The highest BCUT2D eigenvalue weighted by molar-refractivity contribution is 8.00. The summed E-state index contributed by atoms with van der Waals surface area (Å²) >= 11 is 1.34. The Morgan fingerprint density at radius 2 is 2.08 bits per heavy atom. The number of aromatic amines is 1. The van der Waals surface area contributed by atoms with E-state index in [-0.39, 0.29) is 11.2 Å². The molecule has 0 spiro atoms. The second-order valence-corrected chi connectivity index (χ2v) is 7.23. The average molecular weight is 341 g/mol. The largest absolute Gasteiger partial charge is 0.325 e. The van der Waals surface area contributed by atoms with Gasteiger partial charge in [-0.25, -0.2) is 4.98 Å². The summed E-state index contributed by atoms with van der Waals surface area (Å²) in [6, 6.07) is 8.85. The monoisotopic (exact) mass is 341 g/mol. The third-order valence-electron chi connectivity index (χ3n) is 4.16. The quantitative estimate of drug-likeness (QED) is 0.812. The molecule has 24 heavy (non-hydrogen) atoms. The van der Waals surface area contributed by atoms with E-state index in [4.69, 9.17) is 5.26 Å². The molecule has 2 N–H and O–H groups in total. The predicted molar refractivity (Wildman–Crippen MR) is 92.7 cm³/mol. The lowest BCUT2D eigenvalue weighted by atomic mass is 10.1. The number of hydrogen-bond donors (Lipinski definition) is 2. The van der Waals surface area contributed by atoms with E-state index in [0.717, 1.165) is 18.7 Å². The van der Waals surface area contributed by atoms with Crippen molar-refractivity contribution in [2.75, 3.05) is 5.32 Å². The molecule has 1 aromatic heterocycles. The molecule has 1 atom stereocenters. The highest BCUT2D eigenvalue weighted by Crippen LogP contribution is 2.33. The lowest BCUT2D eigenvalue weighted by Gasteiger charge is -2.10. The molecular weight excluding hydrogens is 322 g/mol. The van der Waals surface area contributed by atoms with Crippen molar-refractivity contribution in [3.05, 3.63) is 35.7 Å². The van der Waals surface area contributed by atoms with Gasteiger partial charge in [-0.2, -0.15) is 5.26 Å². The Morgan fingerprint density at radius 3 is 2.75 bits per heavy atom. The molecule has 0 unspecified atom stereocenters. The third kappa shape index (κ3) is 3.95. The van der Waals surface area contributed by atoms with Crippen LogP contribution in [0.15, 0.2) is 29.4 Å². The van der Waals surface area contributed by atoms with Crippen LogP contribution < -0.4 is 5.32 Å². The zero-order valence-electron chi connectivity index (χ0n) is 13.5. The van der Waals surface area contributed by atoms with Gasteiger partial charge in [-0.3, -0.25) is 9.89 Å². The van der Waals surface area contributed by atoms with Gasteiger partial charge in [0.25, 0.3) is 0 Å². The van der Waals surface area contributed by atoms with Crippen molar-refractivity contribution in [2.45, 2.75) is 48.9 Å². The number of amides is 1. The van der Waals surface area contributed by atoms with Gasteiger partial charge >= 0.3 is 0 Å². The zero-order chi connectivity index (χ0) is 16.9. The van der Waals surface area contributed by atoms with Gasteiger partial charge in [-0.1, -0.05) is 24.6 Å². The van der Waals surface area contributed by atoms with Gasteiger partial charge < -0.3 is 5.32 Å². The van der Waals surface area contributed by atoms with Gasteiger partial charge in [0.2, 0.25) is 11.1 Å². The van der Waals surface area contributed by atoms with E-state index in [1.54, 1.807) is 24.3 Å². The molecule has 0 aliphatic heterocycles. The van der Waals surface area contributed by atoms with Crippen molar-refractivity contribution in [3.63, 3.8) is 0 Å². The minimum absolute atomic E-state index is 0.114. The number of anilines is 1. The maximum Gasteiger partial charge on any atom is 0.237 e. The Hall–Kier alpha value is -2.33. The van der Waals surface area contributed by atoms with Crippen LogP contribution in [0.1, 0.15) is 49.9 Å². The van der Waals surface area contributed by atoms with E-state index in [1.165, 1.54) is 24.6 Å². The van der Waals surface area contributed by atoms with Gasteiger partial charge in [-0.15, -0.1) is 5.10 Å². The molecule has 3 rings (SSSR count). The number of thioether (sulfide) groups is 1. The normalized spacial score (nSPS) is 15.8. The van der Waals surface area contributed by atoms with E-state index < -0.39 is 0 Å². The number of nitrogens with one attached hydrogen (secondary N) is 2. The minimum atomic E-state index is -0.312. The first-order valence-corrected chi connectivity index (χ1v) is 8.93. The molecule has 1 fully saturated rings. The minimum Gasteiger partial charge on any atom is -0.325 e. The van der Waals surface area contributed by atoms with Gasteiger partial charge in [0, 0.05) is 11.6 Å². The number of nitrogens with zero attached hydrogens (tertiary/aromatic N) is 3. The van der Waals surface area contributed by atoms with Crippen molar-refractivity contribution in [1.29, 1.82) is 5.26 Å². The number of carbonyl (C=O) groups excluding carboxylic acids is 1. The number of hydrogen-bond acceptors (Lipinski definition) is 5. The van der Waals surface area contributed by atoms with Crippen molar-refractivity contribution >= 4 is 23.4 Å². The molecule has 1 aliphatic rings. The molecule has 124 valence electrons. The van der Waals surface area contributed by atoms with Gasteiger partial charge in [0.05, 0.1) is 16.9 Å². The third-order valence-corrected chi connectivity index (χ3v) is 5.12. The standard InChI is InChI=1S/C17H19N5OS/c1-11(16(23)19-14-8-6-12(10-18)7-9-14)24-17-20-15(21-22-17)13-4-2-3-5-13/h6-9,11,13H,2-5H2,1H3,(H,19,23)(H,20,21,22)/t11-/m1/s1. The maximum absolute atomic E-state index is 12.3. The number of benzene rings is 1. The summed E-state index contributed by atoms with van der Waals surface area (Å²) in [6.45, 7) is 1.83. The predicted octanol–water partition coefficient (Wildman–Crippen LogP) is 3.45. The van der Waals surface area contributed by atoms with Crippen LogP contribution in [0.4, 0.5) is 5.69 Å². The number of carbonyl (C=O) groups is 1. The summed E-state index contributed by atoms with van der Waals surface area (Å²) < 4.78 is 0. The maximum atomic E-state index is 12.3. The molecule has 1 saturated carbocycles. The summed E-state index contributed by atoms with van der Waals surface area (Å²) in [6.07, 6.45) is 4.82. The molecule has 2 aromatic rings. The second-order valence-electron chi connectivity index (χ2n) is 5.92. The van der Waals surface area contributed by atoms with Crippen molar-refractivity contribution < 1.29 is 4.79 Å². The van der Waals surface area contributed by atoms with Crippen molar-refractivity contribution in [1.82, 2.24) is 15.2 Å². The van der Waals surface area contributed by atoms with E-state index in [9.17, 15) is 4.79 Å². The SMILES string of the molecule is C[C@@H](Sc1n[nH]c(C2CCCC2)n1)C(=O)Nc1ccc(C#N)cc1. The summed E-state index contributed by atoms with van der Waals surface area (Å²) in [5.74, 6) is 1.31. The topological polar surface area (TPSA) is 94.5 Å². The molecule has 0 radical (unpaired) electrons. The number of H-pyrrole nitrogens is 1. The van der Waals surface area contributed by atoms with Gasteiger partial charge in [-0.05, 0) is 44.0 Å². The lowest BCUT2D eigenvalue weighted by molar-refractivity contribution is -0.115. The molecule has 0 bridgehead atoms. The van der Waals surface area contributed by atoms with Crippen LogP contribution in [0.3, 0.4) is 0 Å². The van der Waals surface area contributed by atoms with E-state index in [2.05, 4.69) is 26.6 Å². The van der Waals surface area contributed by atoms with Crippen LogP contribution in [0, 0.1) is 11.3 Å². The number of nitriles is 1. The highest BCUT2D eigenvalue weighted by Gasteiger charge is 2.22. The van der Waals surface area contributed by atoms with Crippen LogP contribution in [0.2, 0.25) is 0 Å². The molecule has 6 nitrogen and oxygen atoms in total. The fourth-order valence-electron chi connectivity index (χ4n) is 2.78. The molecule has 1 amide bonds. The molecule has 7 heteroatoms. The van der Waals surface area contributed by atoms with Gasteiger partial charge in [0.15, 0.2) is 0 Å². The number of rotatable bonds is 5. The smallest absolute Gasteiger partial charge is 0.237 e. The van der Waals surface area contributed by atoms with E-state index in [0.29, 0.717) is 22.3 Å². The Balaban J connectivity index is 1.56. The Bertz CT molecular complexity index is 743.